The second-order valence-electron chi connectivity index (χ2n) is 9.20. The fourth-order valence-corrected chi connectivity index (χ4v) is 6.22. The Morgan fingerprint density at radius 3 is 2.62 bits per heavy atom. The second kappa shape index (κ2) is 10.6. The zero-order chi connectivity index (χ0) is 25.2. The summed E-state index contributed by atoms with van der Waals surface area (Å²) in [5.41, 5.74) is 1.25. The predicted molar refractivity (Wildman–Crippen MR) is 137 cm³/mol. The van der Waals surface area contributed by atoms with Gasteiger partial charge >= 0.3 is 12.2 Å². The maximum Gasteiger partial charge on any atom is 0.410 e. The number of hydrogen-bond donors (Lipinski definition) is 2. The smallest absolute Gasteiger partial charge is 0.410 e. The molecule has 0 spiro atoms. The van der Waals surface area contributed by atoms with Gasteiger partial charge in [-0.2, -0.15) is 0 Å². The third kappa shape index (κ3) is 6.48. The SMILES string of the molecule is CC(C)N(CCC(=O)Nc1sc2c(c1-c1nc(Br)cs1)CCN(C(=O)O)C2)C(=O)OC(C)(C)C. The molecule has 3 rings (SSSR count). The highest BCUT2D eigenvalue weighted by atomic mass is 79.9. The second-order valence-corrected chi connectivity index (χ2v) is 12.0. The molecule has 0 aromatic carbocycles. The van der Waals surface area contributed by atoms with E-state index in [0.29, 0.717) is 22.6 Å². The van der Waals surface area contributed by atoms with E-state index >= 15 is 0 Å². The highest BCUT2D eigenvalue weighted by Crippen LogP contribution is 2.44. The Morgan fingerprint density at radius 1 is 1.35 bits per heavy atom. The molecule has 0 unspecified atom stereocenters. The van der Waals surface area contributed by atoms with Gasteiger partial charge in [0.05, 0.1) is 6.54 Å². The molecule has 1 aliphatic heterocycles. The lowest BCUT2D eigenvalue weighted by Gasteiger charge is -2.29. The van der Waals surface area contributed by atoms with E-state index in [0.717, 1.165) is 21.0 Å². The van der Waals surface area contributed by atoms with Crippen LogP contribution >= 0.6 is 38.6 Å². The number of thiophene rings is 1. The van der Waals surface area contributed by atoms with Crippen molar-refractivity contribution in [2.45, 2.75) is 65.6 Å². The Morgan fingerprint density at radius 2 is 2.06 bits per heavy atom. The molecule has 3 heterocycles. The van der Waals surface area contributed by atoms with Gasteiger partial charge < -0.3 is 25.0 Å². The lowest BCUT2D eigenvalue weighted by molar-refractivity contribution is -0.116. The summed E-state index contributed by atoms with van der Waals surface area (Å²) in [4.78, 5) is 45.2. The lowest BCUT2D eigenvalue weighted by atomic mass is 10.0. The minimum atomic E-state index is -0.959. The lowest BCUT2D eigenvalue weighted by Crippen LogP contribution is -2.42. The molecular weight excluding hydrogens is 544 g/mol. The van der Waals surface area contributed by atoms with E-state index in [1.807, 2.05) is 19.2 Å². The van der Waals surface area contributed by atoms with E-state index in [-0.39, 0.29) is 31.5 Å². The summed E-state index contributed by atoms with van der Waals surface area (Å²) in [7, 11) is 0. The van der Waals surface area contributed by atoms with Crippen LogP contribution in [0.4, 0.5) is 14.6 Å². The average molecular weight is 574 g/mol. The monoisotopic (exact) mass is 572 g/mol. The first-order valence-electron chi connectivity index (χ1n) is 10.9. The number of thiazole rings is 1. The highest BCUT2D eigenvalue weighted by Gasteiger charge is 2.30. The van der Waals surface area contributed by atoms with Gasteiger partial charge in [-0.05, 0) is 62.5 Å². The summed E-state index contributed by atoms with van der Waals surface area (Å²) in [6.07, 6.45) is -0.759. The normalized spacial score (nSPS) is 13.6. The summed E-state index contributed by atoms with van der Waals surface area (Å²) in [5.74, 6) is -0.236. The molecule has 3 amide bonds. The van der Waals surface area contributed by atoms with Crippen molar-refractivity contribution in [1.82, 2.24) is 14.8 Å². The van der Waals surface area contributed by atoms with Gasteiger partial charge in [-0.25, -0.2) is 14.6 Å². The van der Waals surface area contributed by atoms with Gasteiger partial charge in [0.25, 0.3) is 0 Å². The van der Waals surface area contributed by atoms with E-state index in [4.69, 9.17) is 4.74 Å². The summed E-state index contributed by atoms with van der Waals surface area (Å²) in [5, 5.41) is 15.7. The molecule has 0 bridgehead atoms. The van der Waals surface area contributed by atoms with Crippen LogP contribution in [0.5, 0.6) is 0 Å². The van der Waals surface area contributed by atoms with Crippen LogP contribution in [0, 0.1) is 0 Å². The Bertz CT molecular complexity index is 1080. The molecule has 0 aliphatic carbocycles. The molecule has 0 saturated heterocycles. The Labute approximate surface area is 215 Å². The van der Waals surface area contributed by atoms with E-state index < -0.39 is 17.8 Å². The van der Waals surface area contributed by atoms with E-state index in [2.05, 4.69) is 26.2 Å². The molecule has 186 valence electrons. The number of halogens is 1. The van der Waals surface area contributed by atoms with Crippen molar-refractivity contribution >= 4 is 61.7 Å². The number of nitrogens with zero attached hydrogens (tertiary/aromatic N) is 3. The van der Waals surface area contributed by atoms with Crippen LogP contribution in [0.15, 0.2) is 9.98 Å². The fourth-order valence-electron chi connectivity index (χ4n) is 3.54. The number of amides is 3. The maximum atomic E-state index is 12.9. The molecular formula is C22H29BrN4O5S2. The molecule has 0 radical (unpaired) electrons. The molecule has 2 N–H and O–H groups in total. The number of carbonyl (C=O) groups excluding carboxylic acids is 2. The van der Waals surface area contributed by atoms with Crippen LogP contribution in [0.2, 0.25) is 0 Å². The first kappa shape index (κ1) is 26.4. The van der Waals surface area contributed by atoms with Gasteiger partial charge in [0, 0.05) is 41.4 Å². The Kier molecular flexibility index (Phi) is 8.25. The van der Waals surface area contributed by atoms with Crippen molar-refractivity contribution in [2.75, 3.05) is 18.4 Å². The van der Waals surface area contributed by atoms with E-state index in [9.17, 15) is 19.5 Å². The number of carboxylic acid groups (broad SMARTS) is 1. The zero-order valence-electron chi connectivity index (χ0n) is 19.8. The van der Waals surface area contributed by atoms with E-state index in [1.54, 1.807) is 20.8 Å². The van der Waals surface area contributed by atoms with Crippen molar-refractivity contribution < 1.29 is 24.2 Å². The molecule has 12 heteroatoms. The van der Waals surface area contributed by atoms with Crippen LogP contribution in [-0.2, 0) is 22.5 Å². The van der Waals surface area contributed by atoms with Crippen molar-refractivity contribution in [3.05, 3.63) is 20.4 Å². The highest BCUT2D eigenvalue weighted by molar-refractivity contribution is 9.10. The number of nitrogens with one attached hydrogen (secondary N) is 1. The van der Waals surface area contributed by atoms with Gasteiger partial charge in [-0.15, -0.1) is 22.7 Å². The molecule has 0 atom stereocenters. The number of anilines is 1. The topological polar surface area (TPSA) is 112 Å². The fraction of sp³-hybridized carbons (Fsp3) is 0.545. The first-order valence-corrected chi connectivity index (χ1v) is 13.4. The van der Waals surface area contributed by atoms with Crippen LogP contribution < -0.4 is 5.32 Å². The van der Waals surface area contributed by atoms with Gasteiger partial charge in [0.15, 0.2) is 0 Å². The molecule has 2 aromatic rings. The van der Waals surface area contributed by atoms with Gasteiger partial charge in [0.1, 0.15) is 20.2 Å². The van der Waals surface area contributed by atoms with Crippen LogP contribution in [0.3, 0.4) is 0 Å². The third-order valence-electron chi connectivity index (χ3n) is 5.10. The number of carbonyl (C=O) groups is 3. The van der Waals surface area contributed by atoms with Crippen LogP contribution in [0.1, 0.15) is 51.5 Å². The number of rotatable bonds is 6. The maximum absolute atomic E-state index is 12.9. The quantitative estimate of drug-likeness (QED) is 0.463. The predicted octanol–water partition coefficient (Wildman–Crippen LogP) is 5.64. The molecule has 0 saturated carbocycles. The standard InChI is InChI=1S/C22H29BrN4O5S2/c1-12(2)27(21(31)32-22(3,4)5)9-7-16(28)25-19-17(18-24-15(23)11-33-18)13-6-8-26(20(29)30)10-14(13)34-19/h11-12H,6-10H2,1-5H3,(H,25,28)(H,29,30). The van der Waals surface area contributed by atoms with Gasteiger partial charge in [-0.1, -0.05) is 0 Å². The molecule has 2 aromatic heterocycles. The number of ether oxygens (including phenoxy) is 1. The molecule has 34 heavy (non-hydrogen) atoms. The van der Waals surface area contributed by atoms with Crippen molar-refractivity contribution in [1.29, 1.82) is 0 Å². The molecule has 1 aliphatic rings. The number of hydrogen-bond acceptors (Lipinski definition) is 7. The Hall–Kier alpha value is -2.18. The van der Waals surface area contributed by atoms with E-state index in [1.165, 1.54) is 32.5 Å². The average Bonchev–Trinajstić information content (AvgIpc) is 3.28. The minimum Gasteiger partial charge on any atom is -0.465 e. The number of aromatic nitrogens is 1. The summed E-state index contributed by atoms with van der Waals surface area (Å²) < 4.78 is 6.18. The summed E-state index contributed by atoms with van der Waals surface area (Å²) in [6, 6.07) is -0.123. The zero-order valence-corrected chi connectivity index (χ0v) is 23.0. The van der Waals surface area contributed by atoms with Crippen molar-refractivity contribution in [2.24, 2.45) is 0 Å². The third-order valence-corrected chi connectivity index (χ3v) is 7.80. The van der Waals surface area contributed by atoms with Crippen LogP contribution in [-0.4, -0.2) is 62.7 Å². The van der Waals surface area contributed by atoms with Crippen molar-refractivity contribution in [3.63, 3.8) is 0 Å². The largest absolute Gasteiger partial charge is 0.465 e. The molecule has 9 nitrogen and oxygen atoms in total. The summed E-state index contributed by atoms with van der Waals surface area (Å²) in [6.45, 7) is 10.1. The van der Waals surface area contributed by atoms with Gasteiger partial charge in [0.2, 0.25) is 5.91 Å². The van der Waals surface area contributed by atoms with Gasteiger partial charge in [-0.3, -0.25) is 4.79 Å². The minimum absolute atomic E-state index is 0.0994. The molecule has 0 fully saturated rings. The first-order chi connectivity index (χ1) is 15.9. The Balaban J connectivity index is 1.78. The summed E-state index contributed by atoms with van der Waals surface area (Å²) >= 11 is 6.22. The number of fused-ring (bicyclic) bond motifs is 1. The van der Waals surface area contributed by atoms with Crippen molar-refractivity contribution in [3.8, 4) is 10.6 Å². The van der Waals surface area contributed by atoms with Crippen LogP contribution in [0.25, 0.3) is 10.6 Å².